The maximum Gasteiger partial charge on any atom is 0.223 e. The van der Waals surface area contributed by atoms with Gasteiger partial charge in [-0.3, -0.25) is 9.69 Å². The number of hydrogen-bond donors (Lipinski definition) is 2. The van der Waals surface area contributed by atoms with Crippen LogP contribution in [0.2, 0.25) is 0 Å². The summed E-state index contributed by atoms with van der Waals surface area (Å²) in [5.74, 6) is -0.117. The summed E-state index contributed by atoms with van der Waals surface area (Å²) in [6, 6.07) is 8.45. The van der Waals surface area contributed by atoms with Crippen LogP contribution in [-0.4, -0.2) is 55.4 Å². The molecule has 2 unspecified atom stereocenters. The van der Waals surface area contributed by atoms with Crippen molar-refractivity contribution in [3.05, 3.63) is 35.4 Å². The largest absolute Gasteiger partial charge is 0.390 e. The van der Waals surface area contributed by atoms with E-state index in [1.807, 2.05) is 6.92 Å². The van der Waals surface area contributed by atoms with E-state index in [9.17, 15) is 9.90 Å². The quantitative estimate of drug-likeness (QED) is 0.755. The molecule has 2 rings (SSSR count). The van der Waals surface area contributed by atoms with E-state index < -0.39 is 6.10 Å². The summed E-state index contributed by atoms with van der Waals surface area (Å²) < 4.78 is 4.98. The lowest BCUT2D eigenvalue weighted by Gasteiger charge is -2.30. The van der Waals surface area contributed by atoms with Crippen molar-refractivity contribution in [1.82, 2.24) is 10.2 Å². The number of aliphatic hydroxyl groups is 1. The Hall–Kier alpha value is -1.43. The zero-order valence-corrected chi connectivity index (χ0v) is 14.1. The van der Waals surface area contributed by atoms with Gasteiger partial charge in [0.25, 0.3) is 0 Å². The van der Waals surface area contributed by atoms with E-state index in [4.69, 9.17) is 4.74 Å². The predicted molar refractivity (Wildman–Crippen MR) is 90.1 cm³/mol. The van der Waals surface area contributed by atoms with Crippen LogP contribution in [0.3, 0.4) is 0 Å². The molecule has 0 aliphatic carbocycles. The minimum atomic E-state index is -0.543. The number of β-amino-alcohol motifs (C(OH)–C–C–N with tert-alkyl or cyclic N) is 1. The molecule has 1 aliphatic rings. The fourth-order valence-electron chi connectivity index (χ4n) is 2.89. The monoisotopic (exact) mass is 320 g/mol. The van der Waals surface area contributed by atoms with Gasteiger partial charge in [-0.05, 0) is 24.0 Å². The molecule has 0 saturated heterocycles. The first-order valence-corrected chi connectivity index (χ1v) is 8.34. The summed E-state index contributed by atoms with van der Waals surface area (Å²) in [7, 11) is 1.63. The summed E-state index contributed by atoms with van der Waals surface area (Å²) in [5.41, 5.74) is 2.74. The summed E-state index contributed by atoms with van der Waals surface area (Å²) in [4.78, 5) is 14.2. The molecule has 1 aromatic rings. The minimum Gasteiger partial charge on any atom is -0.390 e. The van der Waals surface area contributed by atoms with Crippen LogP contribution in [0.15, 0.2) is 24.3 Å². The van der Waals surface area contributed by atoms with Crippen LogP contribution in [0.4, 0.5) is 0 Å². The molecule has 1 amide bonds. The van der Waals surface area contributed by atoms with Gasteiger partial charge in [-0.25, -0.2) is 0 Å². The van der Waals surface area contributed by atoms with Crippen molar-refractivity contribution >= 4 is 5.91 Å². The van der Waals surface area contributed by atoms with E-state index >= 15 is 0 Å². The summed E-state index contributed by atoms with van der Waals surface area (Å²) >= 11 is 0. The molecule has 1 aromatic carbocycles. The van der Waals surface area contributed by atoms with Gasteiger partial charge in [-0.2, -0.15) is 0 Å². The molecule has 2 atom stereocenters. The molecule has 0 saturated carbocycles. The number of ether oxygens (including phenoxy) is 1. The highest BCUT2D eigenvalue weighted by Crippen LogP contribution is 2.18. The molecule has 0 fully saturated rings. The van der Waals surface area contributed by atoms with Gasteiger partial charge in [0.1, 0.15) is 0 Å². The number of amides is 1. The summed E-state index contributed by atoms with van der Waals surface area (Å²) in [6.07, 6.45) is 1.17. The smallest absolute Gasteiger partial charge is 0.223 e. The van der Waals surface area contributed by atoms with E-state index in [1.165, 1.54) is 11.1 Å². The summed E-state index contributed by atoms with van der Waals surface area (Å²) in [5, 5.41) is 13.0. The zero-order chi connectivity index (χ0) is 16.7. The second-order valence-corrected chi connectivity index (χ2v) is 6.34. The van der Waals surface area contributed by atoms with Crippen LogP contribution >= 0.6 is 0 Å². The van der Waals surface area contributed by atoms with E-state index in [0.29, 0.717) is 26.1 Å². The SMILES string of the molecule is COCCC(C)C(=O)NCC(O)CN1CCc2ccccc2C1. The average molecular weight is 320 g/mol. The maximum atomic E-state index is 11.9. The number of methoxy groups -OCH3 is 1. The lowest BCUT2D eigenvalue weighted by atomic mass is 10.00. The Labute approximate surface area is 138 Å². The fourth-order valence-corrected chi connectivity index (χ4v) is 2.89. The molecule has 0 radical (unpaired) electrons. The van der Waals surface area contributed by atoms with Crippen molar-refractivity contribution in [3.63, 3.8) is 0 Å². The van der Waals surface area contributed by atoms with Crippen LogP contribution in [-0.2, 0) is 22.5 Å². The molecule has 2 N–H and O–H groups in total. The van der Waals surface area contributed by atoms with E-state index in [2.05, 4.69) is 34.5 Å². The second kappa shape index (κ2) is 9.01. The molecule has 0 spiro atoms. The van der Waals surface area contributed by atoms with E-state index in [0.717, 1.165) is 19.5 Å². The topological polar surface area (TPSA) is 61.8 Å². The van der Waals surface area contributed by atoms with Gasteiger partial charge in [0.05, 0.1) is 6.10 Å². The Kier molecular flexibility index (Phi) is 7.02. The highest BCUT2D eigenvalue weighted by molar-refractivity contribution is 5.78. The van der Waals surface area contributed by atoms with Crippen molar-refractivity contribution in [2.24, 2.45) is 5.92 Å². The Balaban J connectivity index is 1.71. The molecule has 0 bridgehead atoms. The zero-order valence-electron chi connectivity index (χ0n) is 14.1. The highest BCUT2D eigenvalue weighted by Gasteiger charge is 2.19. The molecule has 128 valence electrons. The number of fused-ring (bicyclic) bond motifs is 1. The molecule has 23 heavy (non-hydrogen) atoms. The normalized spacial score (nSPS) is 17.3. The highest BCUT2D eigenvalue weighted by atomic mass is 16.5. The molecule has 1 heterocycles. The number of carbonyl (C=O) groups excluding carboxylic acids is 1. The Morgan fingerprint density at radius 1 is 1.39 bits per heavy atom. The van der Waals surface area contributed by atoms with Crippen molar-refractivity contribution in [2.45, 2.75) is 32.4 Å². The average Bonchev–Trinajstić information content (AvgIpc) is 2.57. The van der Waals surface area contributed by atoms with Gasteiger partial charge in [0.2, 0.25) is 5.91 Å². The molecular weight excluding hydrogens is 292 g/mol. The number of carbonyl (C=O) groups is 1. The number of aliphatic hydroxyl groups excluding tert-OH is 1. The van der Waals surface area contributed by atoms with Crippen LogP contribution in [0.1, 0.15) is 24.5 Å². The number of nitrogens with one attached hydrogen (secondary N) is 1. The van der Waals surface area contributed by atoms with Crippen molar-refractivity contribution < 1.29 is 14.6 Å². The van der Waals surface area contributed by atoms with E-state index in [1.54, 1.807) is 7.11 Å². The third-order valence-electron chi connectivity index (χ3n) is 4.39. The third kappa shape index (κ3) is 5.61. The first-order chi connectivity index (χ1) is 11.1. The van der Waals surface area contributed by atoms with Gasteiger partial charge in [-0.1, -0.05) is 31.2 Å². The van der Waals surface area contributed by atoms with Crippen molar-refractivity contribution in [1.29, 1.82) is 0 Å². The molecule has 5 nitrogen and oxygen atoms in total. The number of hydrogen-bond acceptors (Lipinski definition) is 4. The minimum absolute atomic E-state index is 0.0231. The van der Waals surface area contributed by atoms with Gasteiger partial charge in [0.15, 0.2) is 0 Å². The van der Waals surface area contributed by atoms with Crippen molar-refractivity contribution in [3.8, 4) is 0 Å². The van der Waals surface area contributed by atoms with Crippen LogP contribution in [0.25, 0.3) is 0 Å². The summed E-state index contributed by atoms with van der Waals surface area (Å²) in [6.45, 7) is 5.15. The number of rotatable bonds is 8. The third-order valence-corrected chi connectivity index (χ3v) is 4.39. The lowest BCUT2D eigenvalue weighted by molar-refractivity contribution is -0.125. The first-order valence-electron chi connectivity index (χ1n) is 8.34. The fraction of sp³-hybridized carbons (Fsp3) is 0.611. The second-order valence-electron chi connectivity index (χ2n) is 6.34. The molecule has 1 aliphatic heterocycles. The van der Waals surface area contributed by atoms with Gasteiger partial charge in [0, 0.05) is 45.8 Å². The standard InChI is InChI=1S/C18H28N2O3/c1-14(8-10-23-2)18(22)19-11-17(21)13-20-9-7-15-5-3-4-6-16(15)12-20/h3-6,14,17,21H,7-13H2,1-2H3,(H,19,22). The molecular formula is C18H28N2O3. The lowest BCUT2D eigenvalue weighted by Crippen LogP contribution is -2.43. The van der Waals surface area contributed by atoms with Crippen LogP contribution in [0.5, 0.6) is 0 Å². The molecule has 0 aromatic heterocycles. The first kappa shape index (κ1) is 17.9. The van der Waals surface area contributed by atoms with Gasteiger partial charge in [-0.15, -0.1) is 0 Å². The number of nitrogens with zero attached hydrogens (tertiary/aromatic N) is 1. The predicted octanol–water partition coefficient (Wildman–Crippen LogP) is 1.19. The van der Waals surface area contributed by atoms with Crippen LogP contribution < -0.4 is 5.32 Å². The Bertz CT molecular complexity index is 507. The Morgan fingerprint density at radius 3 is 2.87 bits per heavy atom. The van der Waals surface area contributed by atoms with Gasteiger partial charge < -0.3 is 15.2 Å². The van der Waals surface area contributed by atoms with Crippen molar-refractivity contribution in [2.75, 3.05) is 33.4 Å². The molecule has 5 heteroatoms. The number of benzene rings is 1. The van der Waals surface area contributed by atoms with Gasteiger partial charge >= 0.3 is 0 Å². The van der Waals surface area contributed by atoms with E-state index in [-0.39, 0.29) is 11.8 Å². The van der Waals surface area contributed by atoms with Crippen LogP contribution in [0, 0.1) is 5.92 Å². The Morgan fingerprint density at radius 2 is 2.13 bits per heavy atom. The maximum absolute atomic E-state index is 11.9.